The number of nitrogens with one attached hydrogen (secondary N) is 2. The second kappa shape index (κ2) is 11.7. The van der Waals surface area contributed by atoms with Crippen molar-refractivity contribution in [3.05, 3.63) is 66.2 Å². The zero-order chi connectivity index (χ0) is 23.7. The molecule has 0 saturated carbocycles. The van der Waals surface area contributed by atoms with Crippen molar-refractivity contribution in [2.45, 2.75) is 36.4 Å². The van der Waals surface area contributed by atoms with Crippen LogP contribution in [-0.2, 0) is 25.5 Å². The fraction of sp³-hybridized carbons (Fsp3) is 0.318. The van der Waals surface area contributed by atoms with Gasteiger partial charge in [0.25, 0.3) is 0 Å². The quantitative estimate of drug-likeness (QED) is 0.394. The van der Waals surface area contributed by atoms with Crippen molar-refractivity contribution in [3.8, 4) is 0 Å². The van der Waals surface area contributed by atoms with Crippen LogP contribution < -0.4 is 15.1 Å². The Hall–Kier alpha value is -2.84. The number of amides is 2. The van der Waals surface area contributed by atoms with Crippen molar-refractivity contribution in [2.24, 2.45) is 0 Å². The number of esters is 1. The van der Waals surface area contributed by atoms with E-state index in [9.17, 15) is 27.6 Å². The molecule has 0 aliphatic rings. The average molecular weight is 515 g/mol. The van der Waals surface area contributed by atoms with Crippen molar-refractivity contribution < 1.29 is 32.3 Å². The number of benzene rings is 2. The van der Waals surface area contributed by atoms with Crippen molar-refractivity contribution in [3.63, 3.8) is 0 Å². The summed E-state index contributed by atoms with van der Waals surface area (Å²) in [5.41, 5.74) is 0.770. The SMILES string of the molecule is COC(=O)[C@H](Cc1ccccc1)NC(=O)C([Se]c1ccccc1)[C@H](C)NC(=O)C(F)(F)F. The van der Waals surface area contributed by atoms with E-state index in [0.717, 1.165) is 10.0 Å². The Balaban J connectivity index is 2.23. The van der Waals surface area contributed by atoms with E-state index in [4.69, 9.17) is 4.74 Å². The van der Waals surface area contributed by atoms with Crippen LogP contribution in [0.15, 0.2) is 60.7 Å². The van der Waals surface area contributed by atoms with Gasteiger partial charge < -0.3 is 0 Å². The third-order valence-corrected chi connectivity index (χ3v) is 7.40. The molecule has 2 aromatic rings. The standard InChI is InChI=1S/C22H23F3N2O4Se/c1-14(26-21(30)22(23,24)25)18(32-16-11-7-4-8-12-16)19(28)27-17(20(29)31-2)13-15-9-5-3-6-10-15/h3-12,14,17-18H,13H2,1-2H3,(H,26,30)(H,27,28)/t14-,17-,18?/m0/s1. The third-order valence-electron chi connectivity index (χ3n) is 4.42. The number of hydrogen-bond donors (Lipinski definition) is 2. The average Bonchev–Trinajstić information content (AvgIpc) is 2.77. The monoisotopic (exact) mass is 516 g/mol. The predicted octanol–water partition coefficient (Wildman–Crippen LogP) is 1.77. The van der Waals surface area contributed by atoms with Crippen molar-refractivity contribution in [1.82, 2.24) is 10.6 Å². The molecule has 0 saturated heterocycles. The van der Waals surface area contributed by atoms with Gasteiger partial charge in [0, 0.05) is 0 Å². The summed E-state index contributed by atoms with van der Waals surface area (Å²) in [6, 6.07) is 15.5. The van der Waals surface area contributed by atoms with Crippen LogP contribution >= 0.6 is 0 Å². The topological polar surface area (TPSA) is 84.5 Å². The van der Waals surface area contributed by atoms with Gasteiger partial charge in [0.2, 0.25) is 0 Å². The minimum atomic E-state index is -5.07. The maximum atomic E-state index is 13.1. The summed E-state index contributed by atoms with van der Waals surface area (Å²) in [4.78, 5) is 35.8. The molecule has 2 amide bonds. The Morgan fingerprint density at radius 1 is 0.969 bits per heavy atom. The van der Waals surface area contributed by atoms with Crippen LogP contribution in [0.4, 0.5) is 13.2 Å². The first-order chi connectivity index (χ1) is 15.1. The zero-order valence-corrected chi connectivity index (χ0v) is 19.1. The van der Waals surface area contributed by atoms with Gasteiger partial charge in [0.05, 0.1) is 0 Å². The summed E-state index contributed by atoms with van der Waals surface area (Å²) in [6.45, 7) is 1.34. The Morgan fingerprint density at radius 2 is 1.53 bits per heavy atom. The number of hydrogen-bond acceptors (Lipinski definition) is 4. The van der Waals surface area contributed by atoms with Crippen LogP contribution in [0.3, 0.4) is 0 Å². The summed E-state index contributed by atoms with van der Waals surface area (Å²) >= 11 is -0.628. The van der Waals surface area contributed by atoms with Gasteiger partial charge in [-0.1, -0.05) is 0 Å². The van der Waals surface area contributed by atoms with Gasteiger partial charge in [0.15, 0.2) is 0 Å². The van der Waals surface area contributed by atoms with E-state index in [2.05, 4.69) is 5.32 Å². The number of halogens is 3. The molecule has 32 heavy (non-hydrogen) atoms. The number of alkyl halides is 3. The second-order valence-electron chi connectivity index (χ2n) is 6.89. The molecule has 172 valence electrons. The fourth-order valence-corrected chi connectivity index (χ4v) is 5.04. The summed E-state index contributed by atoms with van der Waals surface area (Å²) in [5, 5.41) is 4.46. The van der Waals surface area contributed by atoms with Gasteiger partial charge in [-0.3, -0.25) is 0 Å². The number of methoxy groups -OCH3 is 1. The summed E-state index contributed by atoms with van der Waals surface area (Å²) in [6.07, 6.45) is -4.93. The first kappa shape index (κ1) is 25.4. The number of rotatable bonds is 9. The van der Waals surface area contributed by atoms with Crippen molar-refractivity contribution >= 4 is 37.2 Å². The molecule has 0 aliphatic carbocycles. The van der Waals surface area contributed by atoms with Gasteiger partial charge in [0.1, 0.15) is 0 Å². The van der Waals surface area contributed by atoms with E-state index in [1.165, 1.54) is 14.0 Å². The third kappa shape index (κ3) is 7.69. The molecule has 1 unspecified atom stereocenters. The van der Waals surface area contributed by atoms with E-state index in [0.29, 0.717) is 0 Å². The first-order valence-electron chi connectivity index (χ1n) is 9.63. The second-order valence-corrected chi connectivity index (χ2v) is 9.43. The van der Waals surface area contributed by atoms with E-state index in [1.54, 1.807) is 60.7 Å². The first-order valence-corrected chi connectivity index (χ1v) is 11.5. The summed E-state index contributed by atoms with van der Waals surface area (Å²) in [5.74, 6) is -3.45. The Bertz CT molecular complexity index is 910. The van der Waals surface area contributed by atoms with Crippen LogP contribution in [0.25, 0.3) is 0 Å². The van der Waals surface area contributed by atoms with Crippen LogP contribution in [0, 0.1) is 0 Å². The predicted molar refractivity (Wildman–Crippen MR) is 113 cm³/mol. The Morgan fingerprint density at radius 3 is 2.06 bits per heavy atom. The van der Waals surface area contributed by atoms with E-state index in [-0.39, 0.29) is 6.42 Å². The molecule has 2 aromatic carbocycles. The van der Waals surface area contributed by atoms with Gasteiger partial charge in [-0.05, 0) is 0 Å². The molecule has 0 aliphatic heterocycles. The van der Waals surface area contributed by atoms with Crippen molar-refractivity contribution in [1.29, 1.82) is 0 Å². The van der Waals surface area contributed by atoms with Crippen LogP contribution in [0.2, 0.25) is 4.82 Å². The molecule has 0 bridgehead atoms. The number of carbonyl (C=O) groups is 3. The summed E-state index contributed by atoms with van der Waals surface area (Å²) < 4.78 is 43.8. The van der Waals surface area contributed by atoms with Gasteiger partial charge in [-0.2, -0.15) is 0 Å². The van der Waals surface area contributed by atoms with Crippen LogP contribution in [-0.4, -0.2) is 58.1 Å². The molecule has 3 atom stereocenters. The molecule has 0 aromatic heterocycles. The molecule has 10 heteroatoms. The Kier molecular flexibility index (Phi) is 9.28. The van der Waals surface area contributed by atoms with Gasteiger partial charge in [-0.15, -0.1) is 0 Å². The normalized spacial score (nSPS) is 14.0. The van der Waals surface area contributed by atoms with Crippen molar-refractivity contribution in [2.75, 3.05) is 7.11 Å². The van der Waals surface area contributed by atoms with E-state index < -0.39 is 55.8 Å². The molecule has 2 N–H and O–H groups in total. The molecule has 0 heterocycles. The van der Waals surface area contributed by atoms with Crippen LogP contribution in [0.1, 0.15) is 12.5 Å². The van der Waals surface area contributed by atoms with E-state index in [1.807, 2.05) is 5.32 Å². The molecule has 0 fully saturated rings. The fourth-order valence-electron chi connectivity index (χ4n) is 2.83. The van der Waals surface area contributed by atoms with E-state index >= 15 is 0 Å². The number of carbonyl (C=O) groups excluding carboxylic acids is 3. The molecular formula is C22H23F3N2O4Se. The molecule has 0 spiro atoms. The van der Waals surface area contributed by atoms with Gasteiger partial charge in [-0.25, -0.2) is 0 Å². The maximum absolute atomic E-state index is 13.1. The van der Waals surface area contributed by atoms with Gasteiger partial charge >= 0.3 is 190 Å². The molecule has 2 rings (SSSR count). The van der Waals surface area contributed by atoms with Crippen LogP contribution in [0.5, 0.6) is 0 Å². The summed E-state index contributed by atoms with van der Waals surface area (Å²) in [7, 11) is 1.18. The molecule has 0 radical (unpaired) electrons. The zero-order valence-electron chi connectivity index (χ0n) is 17.4. The number of ether oxygens (including phenoxy) is 1. The molecule has 6 nitrogen and oxygen atoms in total. The molecular weight excluding hydrogens is 492 g/mol. The Labute approximate surface area is 190 Å². The minimum absolute atomic E-state index is 0.146.